The smallest absolute Gasteiger partial charge is 0.280 e. The summed E-state index contributed by atoms with van der Waals surface area (Å²) in [6, 6.07) is 7.12. The fourth-order valence-electron chi connectivity index (χ4n) is 4.98. The van der Waals surface area contributed by atoms with Crippen LogP contribution in [0.4, 0.5) is 5.69 Å². The maximum absolute atomic E-state index is 13.5. The molecule has 1 aliphatic rings. The van der Waals surface area contributed by atoms with Gasteiger partial charge in [-0.05, 0) is 75.2 Å². The standard InChI is InChI=1S/C30H46N6O3S2/c1-6-21(4)27(33-29(38)25-10-7-8-17-36(25)20(2)3)30(39)35(5)16-9-11-26-32-24(19-40-26)28(37)34-41-18-22-12-14-23(31)15-13-22/h12-15,19-21,25,27H,6-11,16-18,31H2,1-5H3,(H,33,38)(H,34,37). The average molecular weight is 603 g/mol. The predicted octanol–water partition coefficient (Wildman–Crippen LogP) is 4.49. The van der Waals surface area contributed by atoms with Crippen LogP contribution in [-0.4, -0.2) is 70.8 Å². The van der Waals surface area contributed by atoms with Gasteiger partial charge in [0.1, 0.15) is 11.7 Å². The maximum atomic E-state index is 13.5. The Kier molecular flexibility index (Phi) is 12.9. The Morgan fingerprint density at radius 1 is 1.20 bits per heavy atom. The van der Waals surface area contributed by atoms with Gasteiger partial charge in [-0.15, -0.1) is 11.3 Å². The Balaban J connectivity index is 1.47. The van der Waals surface area contributed by atoms with Crippen molar-refractivity contribution in [2.24, 2.45) is 5.92 Å². The van der Waals surface area contributed by atoms with Gasteiger partial charge in [0.05, 0.1) is 11.0 Å². The second kappa shape index (κ2) is 16.1. The van der Waals surface area contributed by atoms with Gasteiger partial charge in [-0.2, -0.15) is 0 Å². The van der Waals surface area contributed by atoms with E-state index >= 15 is 0 Å². The largest absolute Gasteiger partial charge is 0.399 e. The number of likely N-dealkylation sites (tertiary alicyclic amines) is 1. The van der Waals surface area contributed by atoms with Gasteiger partial charge >= 0.3 is 0 Å². The number of likely N-dealkylation sites (N-methyl/N-ethyl adjacent to an activating group) is 1. The third-order valence-electron chi connectivity index (χ3n) is 7.72. The molecule has 1 aromatic heterocycles. The van der Waals surface area contributed by atoms with Crippen LogP contribution in [0.2, 0.25) is 0 Å². The first kappa shape index (κ1) is 32.9. The second-order valence-corrected chi connectivity index (χ2v) is 12.9. The number of aryl methyl sites for hydroxylation is 1. The van der Waals surface area contributed by atoms with Crippen LogP contribution in [0.25, 0.3) is 0 Å². The summed E-state index contributed by atoms with van der Waals surface area (Å²) in [5.74, 6) is 0.352. The van der Waals surface area contributed by atoms with Gasteiger partial charge in [-0.3, -0.25) is 24.0 Å². The lowest BCUT2D eigenvalue weighted by Gasteiger charge is -2.38. The number of aromatic nitrogens is 1. The number of nitrogens with two attached hydrogens (primary N) is 1. The number of benzene rings is 1. The molecule has 0 saturated carbocycles. The van der Waals surface area contributed by atoms with Crippen molar-refractivity contribution in [2.45, 2.75) is 90.1 Å². The summed E-state index contributed by atoms with van der Waals surface area (Å²) < 4.78 is 2.84. The van der Waals surface area contributed by atoms with Crippen LogP contribution in [0.3, 0.4) is 0 Å². The quantitative estimate of drug-likeness (QED) is 0.215. The van der Waals surface area contributed by atoms with Gasteiger partial charge in [0.25, 0.3) is 5.91 Å². The molecule has 1 aliphatic heterocycles. The van der Waals surface area contributed by atoms with E-state index in [1.54, 1.807) is 17.3 Å². The number of nitrogens with zero attached hydrogens (tertiary/aromatic N) is 3. The highest BCUT2D eigenvalue weighted by Crippen LogP contribution is 2.21. The summed E-state index contributed by atoms with van der Waals surface area (Å²) in [7, 11) is 1.80. The average Bonchev–Trinajstić information content (AvgIpc) is 3.45. The summed E-state index contributed by atoms with van der Waals surface area (Å²) in [4.78, 5) is 47.7. The Morgan fingerprint density at radius 2 is 1.93 bits per heavy atom. The molecular formula is C30H46N6O3S2. The van der Waals surface area contributed by atoms with Crippen LogP contribution in [0.1, 0.15) is 80.9 Å². The zero-order valence-corrected chi connectivity index (χ0v) is 26.7. The fraction of sp³-hybridized carbons (Fsp3) is 0.600. The molecule has 2 aromatic rings. The van der Waals surface area contributed by atoms with Crippen LogP contribution < -0.4 is 15.8 Å². The van der Waals surface area contributed by atoms with Crippen molar-refractivity contribution in [1.29, 1.82) is 0 Å². The van der Waals surface area contributed by atoms with Crippen LogP contribution in [0.5, 0.6) is 0 Å². The third kappa shape index (κ3) is 9.72. The molecule has 3 atom stereocenters. The van der Waals surface area contributed by atoms with E-state index < -0.39 is 6.04 Å². The van der Waals surface area contributed by atoms with Gasteiger partial charge in [0, 0.05) is 42.9 Å². The Hall–Kier alpha value is -2.63. The lowest BCUT2D eigenvalue weighted by molar-refractivity contribution is -0.139. The minimum absolute atomic E-state index is 0.0305. The van der Waals surface area contributed by atoms with E-state index in [0.717, 1.165) is 42.8 Å². The first-order valence-electron chi connectivity index (χ1n) is 14.6. The van der Waals surface area contributed by atoms with E-state index in [4.69, 9.17) is 5.73 Å². The number of anilines is 1. The molecule has 3 rings (SSSR count). The molecule has 9 nitrogen and oxygen atoms in total. The van der Waals surface area contributed by atoms with E-state index in [0.29, 0.717) is 36.5 Å². The number of hydrogen-bond acceptors (Lipinski definition) is 8. The number of carbonyl (C=O) groups is 3. The Morgan fingerprint density at radius 3 is 2.61 bits per heavy atom. The normalized spacial score (nSPS) is 17.2. The predicted molar refractivity (Wildman–Crippen MR) is 169 cm³/mol. The number of nitrogen functional groups attached to an aromatic ring is 1. The van der Waals surface area contributed by atoms with E-state index in [9.17, 15) is 14.4 Å². The molecule has 0 radical (unpaired) electrons. The monoisotopic (exact) mass is 602 g/mol. The fourth-order valence-corrected chi connectivity index (χ4v) is 6.47. The van der Waals surface area contributed by atoms with Crippen molar-refractivity contribution in [3.05, 3.63) is 45.9 Å². The first-order chi connectivity index (χ1) is 19.6. The summed E-state index contributed by atoms with van der Waals surface area (Å²) in [5, 5.41) is 5.75. The van der Waals surface area contributed by atoms with Crippen molar-refractivity contribution < 1.29 is 14.4 Å². The molecule has 2 heterocycles. The molecule has 1 saturated heterocycles. The molecule has 1 aromatic carbocycles. The number of amides is 3. The van der Waals surface area contributed by atoms with Crippen molar-refractivity contribution in [3.63, 3.8) is 0 Å². The summed E-state index contributed by atoms with van der Waals surface area (Å²) in [6.45, 7) is 9.77. The molecule has 0 bridgehead atoms. The molecule has 41 heavy (non-hydrogen) atoms. The van der Waals surface area contributed by atoms with Gasteiger partial charge < -0.3 is 16.0 Å². The number of carbonyl (C=O) groups excluding carboxylic acids is 3. The lowest BCUT2D eigenvalue weighted by Crippen LogP contribution is -2.58. The molecule has 1 fully saturated rings. The van der Waals surface area contributed by atoms with Crippen molar-refractivity contribution in [2.75, 3.05) is 25.9 Å². The van der Waals surface area contributed by atoms with E-state index in [-0.39, 0.29) is 35.7 Å². The minimum atomic E-state index is -0.547. The maximum Gasteiger partial charge on any atom is 0.280 e. The zero-order valence-electron chi connectivity index (χ0n) is 25.0. The summed E-state index contributed by atoms with van der Waals surface area (Å²) >= 11 is 2.77. The number of thiazole rings is 1. The van der Waals surface area contributed by atoms with Crippen molar-refractivity contribution >= 4 is 46.7 Å². The molecule has 226 valence electrons. The van der Waals surface area contributed by atoms with E-state index in [1.807, 2.05) is 38.1 Å². The Labute approximate surface area is 253 Å². The van der Waals surface area contributed by atoms with Gasteiger partial charge in [-0.1, -0.05) is 38.8 Å². The highest BCUT2D eigenvalue weighted by molar-refractivity contribution is 7.97. The lowest BCUT2D eigenvalue weighted by atomic mass is 9.95. The number of rotatable bonds is 14. The van der Waals surface area contributed by atoms with Crippen LogP contribution in [-0.2, 0) is 21.8 Å². The van der Waals surface area contributed by atoms with Crippen molar-refractivity contribution in [1.82, 2.24) is 24.8 Å². The van der Waals surface area contributed by atoms with Crippen LogP contribution in [0, 0.1) is 5.92 Å². The SMILES string of the molecule is CCC(C)C(NC(=O)C1CCCCN1C(C)C)C(=O)N(C)CCCc1nc(C(=O)NSCc2ccc(N)cc2)cs1. The molecular weight excluding hydrogens is 557 g/mol. The Bertz CT molecular complexity index is 1140. The molecule has 3 unspecified atom stereocenters. The number of nitrogens with one attached hydrogen (secondary N) is 2. The van der Waals surface area contributed by atoms with Gasteiger partial charge in [0.2, 0.25) is 11.8 Å². The second-order valence-electron chi connectivity index (χ2n) is 11.2. The van der Waals surface area contributed by atoms with Gasteiger partial charge in [0.15, 0.2) is 0 Å². The van der Waals surface area contributed by atoms with Crippen LogP contribution in [0.15, 0.2) is 29.6 Å². The topological polar surface area (TPSA) is 121 Å². The third-order valence-corrected chi connectivity index (χ3v) is 9.43. The van der Waals surface area contributed by atoms with E-state index in [1.165, 1.54) is 23.3 Å². The molecule has 3 amide bonds. The highest BCUT2D eigenvalue weighted by atomic mass is 32.2. The molecule has 0 aliphatic carbocycles. The molecule has 11 heteroatoms. The number of piperidine rings is 1. The van der Waals surface area contributed by atoms with Crippen molar-refractivity contribution in [3.8, 4) is 0 Å². The number of hydrogen-bond donors (Lipinski definition) is 3. The van der Waals surface area contributed by atoms with Gasteiger partial charge in [-0.25, -0.2) is 4.98 Å². The summed E-state index contributed by atoms with van der Waals surface area (Å²) in [5.41, 5.74) is 7.90. The zero-order chi connectivity index (χ0) is 29.9. The summed E-state index contributed by atoms with van der Waals surface area (Å²) in [6.07, 6.45) is 5.15. The van der Waals surface area contributed by atoms with E-state index in [2.05, 4.69) is 33.8 Å². The highest BCUT2D eigenvalue weighted by Gasteiger charge is 2.35. The molecule has 4 N–H and O–H groups in total. The van der Waals surface area contributed by atoms with Crippen LogP contribution >= 0.6 is 23.3 Å². The molecule has 0 spiro atoms. The first-order valence-corrected chi connectivity index (χ1v) is 16.5. The minimum Gasteiger partial charge on any atom is -0.399 e.